The van der Waals surface area contributed by atoms with E-state index in [2.05, 4.69) is 17.6 Å². The van der Waals surface area contributed by atoms with Gasteiger partial charge < -0.3 is 10.6 Å². The van der Waals surface area contributed by atoms with Crippen LogP contribution in [0.1, 0.15) is 26.2 Å². The zero-order chi connectivity index (χ0) is 7.73. The van der Waals surface area contributed by atoms with Crippen molar-refractivity contribution in [3.8, 4) is 0 Å². The Balaban J connectivity index is 1.99. The molecule has 2 aliphatic rings. The van der Waals surface area contributed by atoms with Crippen LogP contribution in [-0.2, 0) is 0 Å². The largest absolute Gasteiger partial charge is 0.316 e. The lowest BCUT2D eigenvalue weighted by atomic mass is 9.71. The van der Waals surface area contributed by atoms with Crippen molar-refractivity contribution in [2.24, 2.45) is 5.41 Å². The molecule has 0 aliphatic carbocycles. The SMILES string of the molecule is CC1NCC12CCCCNC2. The van der Waals surface area contributed by atoms with E-state index in [4.69, 9.17) is 0 Å². The van der Waals surface area contributed by atoms with Crippen molar-refractivity contribution < 1.29 is 0 Å². The summed E-state index contributed by atoms with van der Waals surface area (Å²) in [6.45, 7) is 6.02. The molecule has 0 aromatic carbocycles. The molecule has 0 saturated carbocycles. The summed E-state index contributed by atoms with van der Waals surface area (Å²) in [6, 6.07) is 0.744. The molecule has 2 fully saturated rings. The predicted octanol–water partition coefficient (Wildman–Crippen LogP) is 0.738. The van der Waals surface area contributed by atoms with Crippen LogP contribution in [0.2, 0.25) is 0 Å². The summed E-state index contributed by atoms with van der Waals surface area (Å²) < 4.78 is 0. The van der Waals surface area contributed by atoms with E-state index in [-0.39, 0.29) is 0 Å². The van der Waals surface area contributed by atoms with Crippen LogP contribution in [0.5, 0.6) is 0 Å². The molecule has 2 heterocycles. The fourth-order valence-corrected chi connectivity index (χ4v) is 2.27. The Morgan fingerprint density at radius 3 is 2.82 bits per heavy atom. The highest BCUT2D eigenvalue weighted by molar-refractivity contribution is 5.01. The average Bonchev–Trinajstić information content (AvgIpc) is 2.28. The molecule has 11 heavy (non-hydrogen) atoms. The van der Waals surface area contributed by atoms with Gasteiger partial charge in [0.25, 0.3) is 0 Å². The van der Waals surface area contributed by atoms with Crippen LogP contribution in [-0.4, -0.2) is 25.7 Å². The van der Waals surface area contributed by atoms with Gasteiger partial charge in [-0.3, -0.25) is 0 Å². The Hall–Kier alpha value is -0.0800. The van der Waals surface area contributed by atoms with Crippen molar-refractivity contribution in [3.63, 3.8) is 0 Å². The second-order valence-electron chi connectivity index (χ2n) is 4.10. The number of rotatable bonds is 0. The van der Waals surface area contributed by atoms with Crippen LogP contribution >= 0.6 is 0 Å². The van der Waals surface area contributed by atoms with Gasteiger partial charge in [-0.1, -0.05) is 6.42 Å². The highest BCUT2D eigenvalue weighted by Crippen LogP contribution is 2.35. The maximum absolute atomic E-state index is 3.53. The first-order chi connectivity index (χ1) is 5.33. The van der Waals surface area contributed by atoms with Gasteiger partial charge in [0.1, 0.15) is 0 Å². The highest BCUT2D eigenvalue weighted by atomic mass is 15.1. The van der Waals surface area contributed by atoms with Crippen LogP contribution in [0.15, 0.2) is 0 Å². The average molecular weight is 154 g/mol. The molecule has 0 aromatic rings. The normalized spacial score (nSPS) is 45.0. The van der Waals surface area contributed by atoms with E-state index in [0.29, 0.717) is 5.41 Å². The zero-order valence-corrected chi connectivity index (χ0v) is 7.32. The molecule has 2 heteroatoms. The van der Waals surface area contributed by atoms with Crippen molar-refractivity contribution in [1.82, 2.24) is 10.6 Å². The van der Waals surface area contributed by atoms with E-state index in [1.165, 1.54) is 38.9 Å². The summed E-state index contributed by atoms with van der Waals surface area (Å²) in [5.41, 5.74) is 0.622. The highest BCUT2D eigenvalue weighted by Gasteiger charge is 2.43. The number of hydrogen-bond acceptors (Lipinski definition) is 2. The van der Waals surface area contributed by atoms with E-state index in [9.17, 15) is 0 Å². The second-order valence-corrected chi connectivity index (χ2v) is 4.10. The van der Waals surface area contributed by atoms with Gasteiger partial charge in [0.2, 0.25) is 0 Å². The topological polar surface area (TPSA) is 24.1 Å². The Labute approximate surface area is 68.7 Å². The summed E-state index contributed by atoms with van der Waals surface area (Å²) in [4.78, 5) is 0. The zero-order valence-electron chi connectivity index (χ0n) is 7.32. The maximum Gasteiger partial charge on any atom is 0.0120 e. The van der Waals surface area contributed by atoms with Gasteiger partial charge in [-0.05, 0) is 26.3 Å². The molecule has 1 spiro atoms. The number of nitrogens with one attached hydrogen (secondary N) is 2. The van der Waals surface area contributed by atoms with Gasteiger partial charge >= 0.3 is 0 Å². The molecule has 2 saturated heterocycles. The molecule has 2 nitrogen and oxygen atoms in total. The van der Waals surface area contributed by atoms with Crippen LogP contribution in [0.4, 0.5) is 0 Å². The van der Waals surface area contributed by atoms with Gasteiger partial charge in [0.15, 0.2) is 0 Å². The molecular formula is C9H18N2. The molecule has 0 aromatic heterocycles. The molecule has 2 aliphatic heterocycles. The third-order valence-corrected chi connectivity index (χ3v) is 3.43. The molecule has 0 radical (unpaired) electrons. The predicted molar refractivity (Wildman–Crippen MR) is 46.6 cm³/mol. The molecule has 2 unspecified atom stereocenters. The van der Waals surface area contributed by atoms with Gasteiger partial charge in [-0.2, -0.15) is 0 Å². The van der Waals surface area contributed by atoms with Crippen LogP contribution < -0.4 is 10.6 Å². The Bertz CT molecular complexity index is 136. The van der Waals surface area contributed by atoms with Crippen molar-refractivity contribution in [3.05, 3.63) is 0 Å². The van der Waals surface area contributed by atoms with Gasteiger partial charge in [0.05, 0.1) is 0 Å². The van der Waals surface area contributed by atoms with E-state index in [1.807, 2.05) is 0 Å². The van der Waals surface area contributed by atoms with Crippen molar-refractivity contribution in [2.45, 2.75) is 32.2 Å². The summed E-state index contributed by atoms with van der Waals surface area (Å²) in [5, 5.41) is 6.99. The molecule has 2 N–H and O–H groups in total. The van der Waals surface area contributed by atoms with Crippen LogP contribution in [0, 0.1) is 5.41 Å². The van der Waals surface area contributed by atoms with Crippen molar-refractivity contribution in [1.29, 1.82) is 0 Å². The van der Waals surface area contributed by atoms with E-state index in [0.717, 1.165) is 6.04 Å². The fourth-order valence-electron chi connectivity index (χ4n) is 2.27. The third-order valence-electron chi connectivity index (χ3n) is 3.43. The molecule has 0 bridgehead atoms. The third kappa shape index (κ3) is 1.18. The van der Waals surface area contributed by atoms with E-state index in [1.54, 1.807) is 0 Å². The summed E-state index contributed by atoms with van der Waals surface area (Å²) in [5.74, 6) is 0. The lowest BCUT2D eigenvalue weighted by Gasteiger charge is -2.48. The molecule has 0 amide bonds. The first kappa shape index (κ1) is 7.56. The standard InChI is InChI=1S/C9H18N2/c1-8-9(7-11-8)4-2-3-5-10-6-9/h8,10-11H,2-7H2,1H3. The minimum atomic E-state index is 0.622. The van der Waals surface area contributed by atoms with Crippen molar-refractivity contribution >= 4 is 0 Å². The maximum atomic E-state index is 3.53. The fraction of sp³-hybridized carbons (Fsp3) is 1.00. The lowest BCUT2D eigenvalue weighted by molar-refractivity contribution is 0.0879. The van der Waals surface area contributed by atoms with Gasteiger partial charge in [-0.25, -0.2) is 0 Å². The lowest BCUT2D eigenvalue weighted by Crippen LogP contribution is -2.64. The minimum Gasteiger partial charge on any atom is -0.316 e. The second kappa shape index (κ2) is 2.76. The smallest absolute Gasteiger partial charge is 0.0120 e. The summed E-state index contributed by atoms with van der Waals surface area (Å²) >= 11 is 0. The van der Waals surface area contributed by atoms with Crippen LogP contribution in [0.3, 0.4) is 0 Å². The monoisotopic (exact) mass is 154 g/mol. The Morgan fingerprint density at radius 2 is 2.18 bits per heavy atom. The molecule has 2 rings (SSSR count). The molecular weight excluding hydrogens is 136 g/mol. The first-order valence-corrected chi connectivity index (χ1v) is 4.78. The Morgan fingerprint density at radius 1 is 1.27 bits per heavy atom. The van der Waals surface area contributed by atoms with Gasteiger partial charge in [0, 0.05) is 24.5 Å². The molecule has 64 valence electrons. The summed E-state index contributed by atoms with van der Waals surface area (Å²) in [6.07, 6.45) is 4.21. The van der Waals surface area contributed by atoms with Crippen LogP contribution in [0.25, 0.3) is 0 Å². The first-order valence-electron chi connectivity index (χ1n) is 4.78. The summed E-state index contributed by atoms with van der Waals surface area (Å²) in [7, 11) is 0. The van der Waals surface area contributed by atoms with E-state index < -0.39 is 0 Å². The minimum absolute atomic E-state index is 0.622. The molecule has 2 atom stereocenters. The Kier molecular flexibility index (Phi) is 1.90. The quantitative estimate of drug-likeness (QED) is 0.538. The van der Waals surface area contributed by atoms with Gasteiger partial charge in [-0.15, -0.1) is 0 Å². The van der Waals surface area contributed by atoms with Crippen molar-refractivity contribution in [2.75, 3.05) is 19.6 Å². The van der Waals surface area contributed by atoms with E-state index >= 15 is 0 Å². The number of hydrogen-bond donors (Lipinski definition) is 2.